The van der Waals surface area contributed by atoms with Crippen LogP contribution < -0.4 is 26.4 Å². The first-order valence-corrected chi connectivity index (χ1v) is 11.2. The van der Waals surface area contributed by atoms with Crippen LogP contribution in [0.25, 0.3) is 0 Å². The Bertz CT molecular complexity index is 933. The van der Waals surface area contributed by atoms with E-state index in [1.807, 2.05) is 0 Å². The van der Waals surface area contributed by atoms with Crippen LogP contribution in [0.15, 0.2) is 23.0 Å². The summed E-state index contributed by atoms with van der Waals surface area (Å²) in [7, 11) is 1.33. The van der Waals surface area contributed by atoms with Crippen molar-refractivity contribution in [3.63, 3.8) is 0 Å². The summed E-state index contributed by atoms with van der Waals surface area (Å²) >= 11 is 0. The molecule has 0 aliphatic carbocycles. The van der Waals surface area contributed by atoms with Crippen molar-refractivity contribution in [2.24, 2.45) is 0 Å². The molecular weight excluding hydrogens is 412 g/mol. The molecule has 10 heteroatoms. The molecule has 0 saturated carbocycles. The van der Waals surface area contributed by atoms with Gasteiger partial charge in [-0.15, -0.1) is 0 Å². The number of benzene rings is 1. The number of ether oxygens (including phenoxy) is 2. The number of nitrogens with zero attached hydrogens (tertiary/aromatic N) is 2. The van der Waals surface area contributed by atoms with Gasteiger partial charge in [0.2, 0.25) is 11.9 Å². The number of esters is 1. The number of carbonyl (C=O) groups is 1. The fourth-order valence-electron chi connectivity index (χ4n) is 3.44. The zero-order valence-electron chi connectivity index (χ0n) is 18.5. The van der Waals surface area contributed by atoms with Gasteiger partial charge in [0.15, 0.2) is 0 Å². The van der Waals surface area contributed by atoms with E-state index < -0.39 is 11.7 Å². The maximum Gasteiger partial charge on any atom is 0.351 e. The Kier molecular flexibility index (Phi) is 9.30. The second-order valence-corrected chi connectivity index (χ2v) is 7.65. The van der Waals surface area contributed by atoms with Crippen LogP contribution in [0.4, 0.5) is 17.6 Å². The Labute approximate surface area is 187 Å². The number of aromatic nitrogens is 3. The van der Waals surface area contributed by atoms with Gasteiger partial charge in [-0.2, -0.15) is 9.97 Å². The number of H-pyrrole nitrogens is 1. The van der Waals surface area contributed by atoms with Gasteiger partial charge < -0.3 is 25.4 Å². The summed E-state index contributed by atoms with van der Waals surface area (Å²) in [6.45, 7) is 3.01. The number of nitrogens with one attached hydrogen (secondary N) is 4. The van der Waals surface area contributed by atoms with E-state index in [1.54, 1.807) is 18.2 Å². The Balaban J connectivity index is 1.78. The third kappa shape index (κ3) is 7.52. The summed E-state index contributed by atoms with van der Waals surface area (Å²) in [4.78, 5) is 34.9. The van der Waals surface area contributed by atoms with Crippen molar-refractivity contribution < 1.29 is 14.3 Å². The van der Waals surface area contributed by atoms with Crippen LogP contribution in [0.5, 0.6) is 5.75 Å². The van der Waals surface area contributed by atoms with Crippen molar-refractivity contribution in [1.82, 2.24) is 20.3 Å². The average Bonchev–Trinajstić information content (AvgIpc) is 2.78. The Hall–Kier alpha value is -3.14. The van der Waals surface area contributed by atoms with Crippen molar-refractivity contribution in [3.8, 4) is 5.75 Å². The molecule has 3 rings (SSSR count). The molecule has 0 atom stereocenters. The molecule has 0 radical (unpaired) electrons. The van der Waals surface area contributed by atoms with Gasteiger partial charge in [-0.1, -0.05) is 25.7 Å². The van der Waals surface area contributed by atoms with E-state index in [2.05, 4.69) is 30.9 Å². The van der Waals surface area contributed by atoms with Gasteiger partial charge in [0.05, 0.1) is 13.7 Å². The summed E-state index contributed by atoms with van der Waals surface area (Å²) in [5, 5.41) is 9.60. The largest absolute Gasteiger partial charge is 0.493 e. The van der Waals surface area contributed by atoms with E-state index in [0.717, 1.165) is 38.8 Å². The fourth-order valence-corrected chi connectivity index (χ4v) is 3.44. The number of fused-ring (bicyclic) bond motifs is 4. The zero-order valence-corrected chi connectivity index (χ0v) is 18.5. The van der Waals surface area contributed by atoms with Crippen LogP contribution in [0.2, 0.25) is 0 Å². The highest BCUT2D eigenvalue weighted by molar-refractivity contribution is 5.93. The number of hydrogen-bond acceptors (Lipinski definition) is 9. The first-order chi connectivity index (χ1) is 15.7. The molecule has 4 bridgehead atoms. The van der Waals surface area contributed by atoms with E-state index in [9.17, 15) is 9.59 Å². The maximum atomic E-state index is 12.1. The molecule has 0 saturated heterocycles. The first-order valence-electron chi connectivity index (χ1n) is 11.2. The molecule has 0 amide bonds. The molecule has 32 heavy (non-hydrogen) atoms. The molecule has 174 valence electrons. The molecule has 0 fully saturated rings. The maximum absolute atomic E-state index is 12.1. The normalized spacial score (nSPS) is 16.4. The lowest BCUT2D eigenvalue weighted by molar-refractivity contribution is 0.0596. The van der Waals surface area contributed by atoms with Crippen LogP contribution in [0.1, 0.15) is 55.3 Å². The summed E-state index contributed by atoms with van der Waals surface area (Å²) in [6.07, 6.45) is 7.70. The first kappa shape index (κ1) is 23.5. The van der Waals surface area contributed by atoms with Gasteiger partial charge in [0.1, 0.15) is 11.3 Å². The number of carbonyl (C=O) groups excluding carboxylic acids is 1. The molecule has 1 aromatic carbocycles. The predicted octanol–water partition coefficient (Wildman–Crippen LogP) is 2.82. The standard InChI is InChI=1S/C22H32N6O4/c1-31-19(29)17-10-9-16-15-18(17)32-14-8-12-23-11-6-4-2-3-5-7-13-24-20-26-21(25-16)28-22(30)27-20/h9-10,15,23H,2-8,11-14H2,1H3,(H3,24,25,26,27,28,30). The highest BCUT2D eigenvalue weighted by Gasteiger charge is 2.15. The van der Waals surface area contributed by atoms with Crippen LogP contribution in [-0.2, 0) is 4.74 Å². The van der Waals surface area contributed by atoms with Crippen LogP contribution in [-0.4, -0.2) is 54.3 Å². The monoisotopic (exact) mass is 444 g/mol. The Morgan fingerprint density at radius 2 is 1.75 bits per heavy atom. The van der Waals surface area contributed by atoms with Gasteiger partial charge >= 0.3 is 11.7 Å². The van der Waals surface area contributed by atoms with E-state index >= 15 is 0 Å². The Morgan fingerprint density at radius 1 is 1.00 bits per heavy atom. The molecule has 10 nitrogen and oxygen atoms in total. The minimum Gasteiger partial charge on any atom is -0.493 e. The van der Waals surface area contributed by atoms with Crippen molar-refractivity contribution >= 4 is 23.6 Å². The zero-order chi connectivity index (χ0) is 22.6. The lowest BCUT2D eigenvalue weighted by Crippen LogP contribution is -2.19. The van der Waals surface area contributed by atoms with E-state index in [4.69, 9.17) is 9.47 Å². The SMILES string of the molecule is COC(=O)c1ccc2cc1OCCCNCCCCCCCCNc1nc([nH]c(=O)n1)N2. The molecule has 0 spiro atoms. The minimum atomic E-state index is -0.501. The van der Waals surface area contributed by atoms with Crippen LogP contribution >= 0.6 is 0 Å². The van der Waals surface area contributed by atoms with Crippen LogP contribution in [0, 0.1) is 0 Å². The topological polar surface area (TPSA) is 130 Å². The van der Waals surface area contributed by atoms with Crippen molar-refractivity contribution in [3.05, 3.63) is 34.2 Å². The fraction of sp³-hybridized carbons (Fsp3) is 0.545. The van der Waals surface area contributed by atoms with E-state index in [0.29, 0.717) is 30.2 Å². The van der Waals surface area contributed by atoms with Crippen molar-refractivity contribution in [2.75, 3.05) is 44.0 Å². The number of anilines is 3. The summed E-state index contributed by atoms with van der Waals surface area (Å²) in [5.41, 5.74) is 0.443. The number of rotatable bonds is 1. The molecule has 1 aromatic heterocycles. The number of aromatic amines is 1. The minimum absolute atomic E-state index is 0.249. The quantitative estimate of drug-likeness (QED) is 0.490. The summed E-state index contributed by atoms with van der Waals surface area (Å²) in [6, 6.07) is 5.01. The van der Waals surface area contributed by atoms with Crippen molar-refractivity contribution in [1.29, 1.82) is 0 Å². The summed E-state index contributed by atoms with van der Waals surface area (Å²) in [5.74, 6) is 0.454. The molecule has 1 aliphatic heterocycles. The lowest BCUT2D eigenvalue weighted by atomic mass is 10.1. The highest BCUT2D eigenvalue weighted by atomic mass is 16.5. The average molecular weight is 445 g/mol. The van der Waals surface area contributed by atoms with Crippen LogP contribution in [0.3, 0.4) is 0 Å². The molecular formula is C22H32N6O4. The molecule has 4 N–H and O–H groups in total. The Morgan fingerprint density at radius 3 is 2.56 bits per heavy atom. The van der Waals surface area contributed by atoms with E-state index in [1.165, 1.54) is 26.4 Å². The second-order valence-electron chi connectivity index (χ2n) is 7.65. The van der Waals surface area contributed by atoms with Gasteiger partial charge in [0, 0.05) is 18.3 Å². The molecule has 2 heterocycles. The third-order valence-electron chi connectivity index (χ3n) is 5.12. The molecule has 0 unspecified atom stereocenters. The smallest absolute Gasteiger partial charge is 0.351 e. The third-order valence-corrected chi connectivity index (χ3v) is 5.12. The summed E-state index contributed by atoms with van der Waals surface area (Å²) < 4.78 is 10.7. The van der Waals surface area contributed by atoms with E-state index in [-0.39, 0.29) is 11.9 Å². The number of methoxy groups -OCH3 is 1. The highest BCUT2D eigenvalue weighted by Crippen LogP contribution is 2.26. The van der Waals surface area contributed by atoms with Gasteiger partial charge in [-0.25, -0.2) is 9.59 Å². The number of hydrogen-bond donors (Lipinski definition) is 4. The van der Waals surface area contributed by atoms with Gasteiger partial charge in [-0.3, -0.25) is 4.98 Å². The van der Waals surface area contributed by atoms with Gasteiger partial charge in [0.25, 0.3) is 0 Å². The predicted molar refractivity (Wildman–Crippen MR) is 123 cm³/mol. The molecule has 1 aliphatic rings. The second kappa shape index (κ2) is 12.7. The van der Waals surface area contributed by atoms with Gasteiger partial charge in [-0.05, 0) is 44.5 Å². The van der Waals surface area contributed by atoms with Crippen molar-refractivity contribution in [2.45, 2.75) is 44.9 Å². The molecule has 2 aromatic rings. The lowest BCUT2D eigenvalue weighted by Gasteiger charge is -2.13.